The summed E-state index contributed by atoms with van der Waals surface area (Å²) >= 11 is 0. The monoisotopic (exact) mass is 714 g/mol. The van der Waals surface area contributed by atoms with Gasteiger partial charge in [0.05, 0.1) is 26.2 Å². The van der Waals surface area contributed by atoms with Crippen molar-refractivity contribution in [2.45, 2.75) is 43.1 Å². The lowest BCUT2D eigenvalue weighted by atomic mass is 9.80. The largest absolute Gasteiger partial charge is 0.497 e. The quantitative estimate of drug-likeness (QED) is 0.157. The molecule has 1 N–H and O–H groups in total. The van der Waals surface area contributed by atoms with Crippen LogP contribution in [0.3, 0.4) is 0 Å². The van der Waals surface area contributed by atoms with Crippen molar-refractivity contribution in [1.29, 1.82) is 0 Å². The Labute approximate surface area is 306 Å². The highest BCUT2D eigenvalue weighted by molar-refractivity contribution is 6.10. The number of anilines is 1. The molecule has 8 rings (SSSR count). The minimum Gasteiger partial charge on any atom is -0.497 e. The second-order valence-electron chi connectivity index (χ2n) is 13.2. The van der Waals surface area contributed by atoms with Crippen LogP contribution in [0.2, 0.25) is 0 Å². The second kappa shape index (κ2) is 14.4. The van der Waals surface area contributed by atoms with E-state index in [0.29, 0.717) is 53.3 Å². The number of aromatic nitrogens is 3. The molecule has 1 amide bonds. The molecule has 53 heavy (non-hydrogen) atoms. The van der Waals surface area contributed by atoms with E-state index >= 15 is 4.39 Å². The summed E-state index contributed by atoms with van der Waals surface area (Å²) in [6, 6.07) is 34.0. The molecule has 6 aromatic rings. The second-order valence-corrected chi connectivity index (χ2v) is 13.2. The maximum absolute atomic E-state index is 16.3. The van der Waals surface area contributed by atoms with Crippen molar-refractivity contribution in [3.05, 3.63) is 150 Å². The zero-order chi connectivity index (χ0) is 36.5. The smallest absolute Gasteiger partial charge is 0.259 e. The summed E-state index contributed by atoms with van der Waals surface area (Å²) in [5, 5.41) is 12.1. The molecule has 0 radical (unpaired) electrons. The van der Waals surface area contributed by atoms with Gasteiger partial charge in [-0.2, -0.15) is 0 Å². The molecule has 10 nitrogen and oxygen atoms in total. The molecule has 0 aliphatic carbocycles. The number of halogens is 1. The van der Waals surface area contributed by atoms with Crippen molar-refractivity contribution in [3.63, 3.8) is 0 Å². The molecule has 2 aliphatic heterocycles. The van der Waals surface area contributed by atoms with Gasteiger partial charge in [-0.1, -0.05) is 72.8 Å². The van der Waals surface area contributed by atoms with Crippen LogP contribution in [0.25, 0.3) is 11.0 Å². The first-order chi connectivity index (χ1) is 25.9. The maximum atomic E-state index is 16.3. The number of benzene rings is 4. The van der Waals surface area contributed by atoms with Crippen LogP contribution < -0.4 is 14.4 Å². The van der Waals surface area contributed by atoms with Crippen molar-refractivity contribution < 1.29 is 33.2 Å². The fraction of sp³-hybridized carbons (Fsp3) is 0.262. The van der Waals surface area contributed by atoms with Crippen LogP contribution in [0.4, 0.5) is 10.2 Å². The molecule has 2 aromatic heterocycles. The minimum atomic E-state index is -1.80. The Hall–Kier alpha value is -5.62. The number of hydrogen-bond acceptors (Lipinski definition) is 8. The molecule has 4 atom stereocenters. The van der Waals surface area contributed by atoms with E-state index in [4.69, 9.17) is 18.9 Å². The number of methoxy groups -OCH3 is 2. The average Bonchev–Trinajstić information content (AvgIpc) is 3.65. The highest BCUT2D eigenvalue weighted by Gasteiger charge is 2.48. The molecule has 1 saturated heterocycles. The van der Waals surface area contributed by atoms with Gasteiger partial charge in [-0.05, 0) is 71.5 Å². The van der Waals surface area contributed by atoms with Crippen molar-refractivity contribution in [2.24, 2.45) is 0 Å². The van der Waals surface area contributed by atoms with E-state index in [-0.39, 0.29) is 12.5 Å². The minimum absolute atomic E-state index is 0.156. The van der Waals surface area contributed by atoms with Gasteiger partial charge in [0.15, 0.2) is 12.4 Å². The predicted molar refractivity (Wildman–Crippen MR) is 197 cm³/mol. The van der Waals surface area contributed by atoms with E-state index in [1.165, 1.54) is 6.33 Å². The number of hydrogen-bond donors (Lipinski definition) is 1. The molecule has 11 heteroatoms. The first kappa shape index (κ1) is 34.5. The van der Waals surface area contributed by atoms with Crippen LogP contribution in [-0.4, -0.2) is 71.3 Å². The highest BCUT2D eigenvalue weighted by atomic mass is 19.1. The predicted octanol–water partition coefficient (Wildman–Crippen LogP) is 6.65. The topological polar surface area (TPSA) is 108 Å². The lowest BCUT2D eigenvalue weighted by Gasteiger charge is -2.37. The molecule has 0 bridgehead atoms. The lowest BCUT2D eigenvalue weighted by molar-refractivity contribution is -0.0935. The third-order valence-electron chi connectivity index (χ3n) is 10.2. The molecular formula is C42H39FN4O6. The number of aliphatic hydroxyl groups excluding tert-OH is 1. The summed E-state index contributed by atoms with van der Waals surface area (Å²) in [5.41, 5.74) is 3.08. The summed E-state index contributed by atoms with van der Waals surface area (Å²) in [6.07, 6.45) is -1.05. The van der Waals surface area contributed by atoms with Crippen LogP contribution in [0.1, 0.15) is 45.3 Å². The van der Waals surface area contributed by atoms with Crippen LogP contribution in [0, 0.1) is 0 Å². The van der Waals surface area contributed by atoms with E-state index < -0.39 is 30.2 Å². The first-order valence-corrected chi connectivity index (χ1v) is 17.6. The van der Waals surface area contributed by atoms with Crippen molar-refractivity contribution >= 4 is 22.8 Å². The standard InChI is InChI=1S/C42H39FN4O6/c1-50-32-19-15-30(16-20-32)42(29-13-7-4-8-14-29,31-17-21-33(51-2)22-18-31)52-25-34-37(48)36(43)41(53-34)47-24-28-12-9-23-46(38-35(28)39(47)45-26-44-38)40(49)27-10-5-3-6-11-27/h3-8,10-11,13-22,24,26,34,36-37,41,48H,9,12,23,25H2,1-2H3/t34-,36+,37?,41-/m1/s1. The Bertz CT molecular complexity index is 2150. The molecule has 1 fully saturated rings. The average molecular weight is 715 g/mol. The van der Waals surface area contributed by atoms with Crippen molar-refractivity contribution in [3.8, 4) is 11.5 Å². The van der Waals surface area contributed by atoms with Gasteiger partial charge in [-0.15, -0.1) is 0 Å². The van der Waals surface area contributed by atoms with Crippen molar-refractivity contribution in [1.82, 2.24) is 14.5 Å². The number of carbonyl (C=O) groups excluding carboxylic acids is 1. The van der Waals surface area contributed by atoms with Gasteiger partial charge < -0.3 is 28.6 Å². The Morgan fingerprint density at radius 3 is 2.09 bits per heavy atom. The van der Waals surface area contributed by atoms with E-state index in [1.807, 2.05) is 103 Å². The zero-order valence-corrected chi connectivity index (χ0v) is 29.3. The van der Waals surface area contributed by atoms with Gasteiger partial charge in [-0.25, -0.2) is 14.4 Å². The Balaban J connectivity index is 1.14. The normalized spacial score (nSPS) is 20.0. The summed E-state index contributed by atoms with van der Waals surface area (Å²) in [5.74, 6) is 1.66. The van der Waals surface area contributed by atoms with Gasteiger partial charge in [0.1, 0.15) is 47.1 Å². The Morgan fingerprint density at radius 1 is 0.868 bits per heavy atom. The number of rotatable bonds is 10. The fourth-order valence-electron chi connectivity index (χ4n) is 7.55. The number of ether oxygens (including phenoxy) is 4. The summed E-state index contributed by atoms with van der Waals surface area (Å²) in [4.78, 5) is 24.4. The fourth-order valence-corrected chi connectivity index (χ4v) is 7.55. The SMILES string of the molecule is COc1ccc(C(OC[C@H]2O[C@@H](n3cc4c5c(ncnc53)N(C(=O)c3ccccc3)CCC4)[C@@H](F)C2O)(c2ccccc2)c2ccc(OC)cc2)cc1. The number of alkyl halides is 1. The number of nitrogens with zero attached hydrogens (tertiary/aromatic N) is 4. The number of aliphatic hydroxyl groups is 1. The van der Waals surface area contributed by atoms with E-state index in [2.05, 4.69) is 9.97 Å². The molecule has 0 spiro atoms. The van der Waals surface area contributed by atoms with Crippen molar-refractivity contribution in [2.75, 3.05) is 32.3 Å². The van der Waals surface area contributed by atoms with Gasteiger partial charge >= 0.3 is 0 Å². The van der Waals surface area contributed by atoms with Crippen LogP contribution in [0.15, 0.2) is 122 Å². The molecule has 4 aromatic carbocycles. The summed E-state index contributed by atoms with van der Waals surface area (Å²) in [6.45, 7) is 0.320. The molecular weight excluding hydrogens is 675 g/mol. The maximum Gasteiger partial charge on any atom is 0.259 e. The molecule has 0 saturated carbocycles. The van der Waals surface area contributed by atoms with Gasteiger partial charge in [0.2, 0.25) is 0 Å². The zero-order valence-electron chi connectivity index (χ0n) is 29.3. The van der Waals surface area contributed by atoms with E-state index in [0.717, 1.165) is 22.3 Å². The van der Waals surface area contributed by atoms with E-state index in [1.54, 1.807) is 35.8 Å². The van der Waals surface area contributed by atoms with Crippen LogP contribution in [-0.2, 0) is 21.5 Å². The highest BCUT2D eigenvalue weighted by Crippen LogP contribution is 2.44. The lowest BCUT2D eigenvalue weighted by Crippen LogP contribution is -2.39. The number of amides is 1. The molecule has 2 aliphatic rings. The number of aryl methyl sites for hydroxylation is 1. The Morgan fingerprint density at radius 2 is 1.47 bits per heavy atom. The third-order valence-corrected chi connectivity index (χ3v) is 10.2. The van der Waals surface area contributed by atoms with Gasteiger partial charge in [0, 0.05) is 18.3 Å². The van der Waals surface area contributed by atoms with E-state index in [9.17, 15) is 9.90 Å². The molecule has 4 heterocycles. The molecule has 270 valence electrons. The van der Waals surface area contributed by atoms with Gasteiger partial charge in [-0.3, -0.25) is 9.69 Å². The summed E-state index contributed by atoms with van der Waals surface area (Å²) < 4.78 is 42.2. The third kappa shape index (κ3) is 6.10. The Kier molecular flexibility index (Phi) is 9.38. The first-order valence-electron chi connectivity index (χ1n) is 17.6. The molecule has 1 unspecified atom stereocenters. The van der Waals surface area contributed by atoms with Crippen LogP contribution in [0.5, 0.6) is 11.5 Å². The van der Waals surface area contributed by atoms with Crippen LogP contribution >= 0.6 is 0 Å². The number of carbonyl (C=O) groups is 1. The summed E-state index contributed by atoms with van der Waals surface area (Å²) in [7, 11) is 3.22. The van der Waals surface area contributed by atoms with Gasteiger partial charge in [0.25, 0.3) is 5.91 Å².